The Morgan fingerprint density at radius 1 is 1.21 bits per heavy atom. The zero-order valence-corrected chi connectivity index (χ0v) is 19.5. The lowest BCUT2D eigenvalue weighted by Crippen LogP contribution is -2.44. The molecular formula is C26H32FN3O4. The first-order valence-electron chi connectivity index (χ1n) is 11.7. The molecule has 0 spiro atoms. The Labute approximate surface area is 199 Å². The van der Waals surface area contributed by atoms with Crippen LogP contribution in [-0.4, -0.2) is 61.9 Å². The van der Waals surface area contributed by atoms with Gasteiger partial charge in [0, 0.05) is 23.5 Å². The molecule has 1 atom stereocenters. The van der Waals surface area contributed by atoms with Crippen LogP contribution in [0.1, 0.15) is 28.8 Å². The predicted molar refractivity (Wildman–Crippen MR) is 128 cm³/mol. The van der Waals surface area contributed by atoms with Crippen LogP contribution in [-0.2, 0) is 16.1 Å². The maximum atomic E-state index is 13.7. The molecule has 0 unspecified atom stereocenters. The number of fused-ring (bicyclic) bond motifs is 1. The molecule has 34 heavy (non-hydrogen) atoms. The second-order valence-electron chi connectivity index (χ2n) is 8.83. The second kappa shape index (κ2) is 11.5. The van der Waals surface area contributed by atoms with E-state index in [9.17, 15) is 9.18 Å². The lowest BCUT2D eigenvalue weighted by atomic mass is 9.97. The molecule has 0 aliphatic carbocycles. The number of likely N-dealkylation sites (tertiary alicyclic amines) is 1. The monoisotopic (exact) mass is 469 g/mol. The quantitative estimate of drug-likeness (QED) is 0.440. The number of H-pyrrole nitrogens is 1. The fourth-order valence-corrected chi connectivity index (χ4v) is 4.38. The SMILES string of the molecule is COc1[nH]c2ccc(F)cc2c1C(=O)OCC1CCN(C[C@@H](N)COCc2ccccc2)CC1. The Morgan fingerprint density at radius 2 is 1.97 bits per heavy atom. The van der Waals surface area contributed by atoms with Crippen LogP contribution >= 0.6 is 0 Å². The van der Waals surface area contributed by atoms with Gasteiger partial charge in [-0.3, -0.25) is 0 Å². The van der Waals surface area contributed by atoms with Gasteiger partial charge in [-0.2, -0.15) is 0 Å². The van der Waals surface area contributed by atoms with Gasteiger partial charge in [-0.15, -0.1) is 0 Å². The number of aromatic nitrogens is 1. The standard InChI is InChI=1S/C26H32FN3O4/c1-32-25-24(22-13-20(27)7-8-23(22)29-25)26(31)34-16-19-9-11-30(12-10-19)14-21(28)17-33-15-18-5-3-2-4-6-18/h2-8,13,19,21,29H,9-12,14-17,28H2,1H3/t21-/m1/s1. The van der Waals surface area contributed by atoms with E-state index < -0.39 is 11.8 Å². The Bertz CT molecular complexity index is 1080. The van der Waals surface area contributed by atoms with Crippen molar-refractivity contribution in [1.29, 1.82) is 0 Å². The number of hydrogen-bond donors (Lipinski definition) is 2. The zero-order chi connectivity index (χ0) is 23.9. The highest BCUT2D eigenvalue weighted by atomic mass is 19.1. The number of ether oxygens (including phenoxy) is 3. The number of halogens is 1. The number of esters is 1. The molecule has 8 heteroatoms. The van der Waals surface area contributed by atoms with Crippen molar-refractivity contribution in [2.45, 2.75) is 25.5 Å². The fourth-order valence-electron chi connectivity index (χ4n) is 4.38. The van der Waals surface area contributed by atoms with E-state index in [1.54, 1.807) is 6.07 Å². The van der Waals surface area contributed by atoms with Crippen molar-refractivity contribution in [3.63, 3.8) is 0 Å². The van der Waals surface area contributed by atoms with Crippen molar-refractivity contribution < 1.29 is 23.4 Å². The predicted octanol–water partition coefficient (Wildman–Crippen LogP) is 3.73. The number of carbonyl (C=O) groups excluding carboxylic acids is 1. The van der Waals surface area contributed by atoms with Crippen LogP contribution in [0.5, 0.6) is 5.88 Å². The summed E-state index contributed by atoms with van der Waals surface area (Å²) in [7, 11) is 1.46. The highest BCUT2D eigenvalue weighted by molar-refractivity contribution is 6.06. The molecule has 0 saturated carbocycles. The van der Waals surface area contributed by atoms with Gasteiger partial charge >= 0.3 is 5.97 Å². The van der Waals surface area contributed by atoms with Crippen molar-refractivity contribution in [2.24, 2.45) is 11.7 Å². The Balaban J connectivity index is 1.20. The van der Waals surface area contributed by atoms with Crippen LogP contribution in [0.3, 0.4) is 0 Å². The third-order valence-electron chi connectivity index (χ3n) is 6.23. The first-order chi connectivity index (χ1) is 16.5. The molecule has 2 aromatic carbocycles. The molecule has 1 aromatic heterocycles. The van der Waals surface area contributed by atoms with E-state index in [1.165, 1.54) is 19.2 Å². The fraction of sp³-hybridized carbons (Fsp3) is 0.423. The molecular weight excluding hydrogens is 437 g/mol. The molecule has 0 radical (unpaired) electrons. The van der Waals surface area contributed by atoms with Crippen LogP contribution in [0.25, 0.3) is 10.9 Å². The van der Waals surface area contributed by atoms with Crippen molar-refractivity contribution in [2.75, 3.05) is 40.0 Å². The first kappa shape index (κ1) is 24.2. The second-order valence-corrected chi connectivity index (χ2v) is 8.83. The molecule has 1 aliphatic rings. The van der Waals surface area contributed by atoms with E-state index in [2.05, 4.69) is 9.88 Å². The summed E-state index contributed by atoms with van der Waals surface area (Å²) in [6.07, 6.45) is 1.84. The topological polar surface area (TPSA) is 89.8 Å². The largest absolute Gasteiger partial charge is 0.482 e. The number of aromatic amines is 1. The van der Waals surface area contributed by atoms with Gasteiger partial charge in [0.2, 0.25) is 5.88 Å². The number of nitrogens with two attached hydrogens (primary N) is 1. The molecule has 7 nitrogen and oxygen atoms in total. The maximum Gasteiger partial charge on any atom is 0.344 e. The summed E-state index contributed by atoms with van der Waals surface area (Å²) in [4.78, 5) is 18.1. The number of methoxy groups -OCH3 is 1. The average molecular weight is 470 g/mol. The summed E-state index contributed by atoms with van der Waals surface area (Å²) in [6.45, 7) is 3.98. The smallest absolute Gasteiger partial charge is 0.344 e. The van der Waals surface area contributed by atoms with Crippen LogP contribution in [0.4, 0.5) is 4.39 Å². The normalized spacial score (nSPS) is 16.0. The molecule has 2 heterocycles. The maximum absolute atomic E-state index is 13.7. The van der Waals surface area contributed by atoms with E-state index in [1.807, 2.05) is 30.3 Å². The third-order valence-corrected chi connectivity index (χ3v) is 6.23. The molecule has 3 N–H and O–H groups in total. The molecule has 1 aliphatic heterocycles. The zero-order valence-electron chi connectivity index (χ0n) is 19.5. The van der Waals surface area contributed by atoms with Crippen LogP contribution in [0.2, 0.25) is 0 Å². The van der Waals surface area contributed by atoms with Gasteiger partial charge < -0.3 is 29.8 Å². The van der Waals surface area contributed by atoms with Crippen LogP contribution in [0.15, 0.2) is 48.5 Å². The Kier molecular flexibility index (Phi) is 8.16. The van der Waals surface area contributed by atoms with E-state index >= 15 is 0 Å². The summed E-state index contributed by atoms with van der Waals surface area (Å²) < 4.78 is 30.4. The summed E-state index contributed by atoms with van der Waals surface area (Å²) in [6, 6.07) is 14.2. The van der Waals surface area contributed by atoms with Gasteiger partial charge in [0.1, 0.15) is 11.4 Å². The lowest BCUT2D eigenvalue weighted by molar-refractivity contribution is 0.0356. The molecule has 3 aromatic rings. The van der Waals surface area contributed by atoms with E-state index in [0.717, 1.165) is 38.0 Å². The molecule has 4 rings (SSSR count). The minimum Gasteiger partial charge on any atom is -0.482 e. The summed E-state index contributed by atoms with van der Waals surface area (Å²) in [5.74, 6) is -0.365. The number of nitrogens with zero attached hydrogens (tertiary/aromatic N) is 1. The molecule has 0 bridgehead atoms. The highest BCUT2D eigenvalue weighted by Crippen LogP contribution is 2.30. The summed E-state index contributed by atoms with van der Waals surface area (Å²) in [5, 5.41) is 0.458. The number of hydrogen-bond acceptors (Lipinski definition) is 6. The Morgan fingerprint density at radius 3 is 2.71 bits per heavy atom. The molecule has 182 valence electrons. The van der Waals surface area contributed by atoms with Crippen molar-refractivity contribution in [3.8, 4) is 5.88 Å². The Hall–Kier alpha value is -2.94. The van der Waals surface area contributed by atoms with Gasteiger partial charge in [0.05, 0.1) is 26.9 Å². The van der Waals surface area contributed by atoms with Gasteiger partial charge in [0.25, 0.3) is 0 Å². The van der Waals surface area contributed by atoms with Crippen LogP contribution in [0, 0.1) is 11.7 Å². The molecule has 1 saturated heterocycles. The number of benzene rings is 2. The minimum atomic E-state index is -0.506. The molecule has 0 amide bonds. The van der Waals surface area contributed by atoms with E-state index in [0.29, 0.717) is 30.7 Å². The summed E-state index contributed by atoms with van der Waals surface area (Å²) in [5.41, 5.74) is 8.26. The third kappa shape index (κ3) is 6.14. The van der Waals surface area contributed by atoms with Gasteiger partial charge in [-0.05, 0) is 55.6 Å². The van der Waals surface area contributed by atoms with Crippen molar-refractivity contribution >= 4 is 16.9 Å². The minimum absolute atomic E-state index is 0.0483. The lowest BCUT2D eigenvalue weighted by Gasteiger charge is -2.33. The number of nitrogens with one attached hydrogen (secondary N) is 1. The number of rotatable bonds is 10. The van der Waals surface area contributed by atoms with Gasteiger partial charge in [-0.25, -0.2) is 9.18 Å². The number of carbonyl (C=O) groups is 1. The molecule has 1 fully saturated rings. The highest BCUT2D eigenvalue weighted by Gasteiger charge is 2.25. The van der Waals surface area contributed by atoms with E-state index in [4.69, 9.17) is 19.9 Å². The van der Waals surface area contributed by atoms with Crippen molar-refractivity contribution in [1.82, 2.24) is 9.88 Å². The number of piperidine rings is 1. The van der Waals surface area contributed by atoms with Gasteiger partial charge in [0.15, 0.2) is 0 Å². The van der Waals surface area contributed by atoms with Crippen molar-refractivity contribution in [3.05, 3.63) is 65.5 Å². The van der Waals surface area contributed by atoms with Gasteiger partial charge in [-0.1, -0.05) is 30.3 Å². The first-order valence-corrected chi connectivity index (χ1v) is 11.7. The van der Waals surface area contributed by atoms with Crippen LogP contribution < -0.4 is 10.5 Å². The van der Waals surface area contributed by atoms with E-state index in [-0.39, 0.29) is 23.4 Å². The summed E-state index contributed by atoms with van der Waals surface area (Å²) >= 11 is 0. The average Bonchev–Trinajstić information content (AvgIpc) is 3.22.